The van der Waals surface area contributed by atoms with Crippen molar-refractivity contribution in [2.24, 2.45) is 0 Å². The number of ether oxygens (including phenoxy) is 3. The van der Waals surface area contributed by atoms with Gasteiger partial charge in [-0.1, -0.05) is 18.4 Å². The Labute approximate surface area is 120 Å². The molecule has 0 aromatic rings. The number of carbonyl (C=O) groups excluding carboxylic acids is 1. The average Bonchev–Trinajstić information content (AvgIpc) is 2.89. The van der Waals surface area contributed by atoms with E-state index in [0.29, 0.717) is 13.2 Å². The van der Waals surface area contributed by atoms with Gasteiger partial charge in [0.2, 0.25) is 0 Å². The summed E-state index contributed by atoms with van der Waals surface area (Å²) in [7, 11) is -2.16. The van der Waals surface area contributed by atoms with E-state index in [1.807, 2.05) is 13.8 Å². The van der Waals surface area contributed by atoms with E-state index in [-0.39, 0.29) is 12.7 Å². The summed E-state index contributed by atoms with van der Waals surface area (Å²) in [4.78, 5) is 11.7. The minimum atomic E-state index is -2.16. The number of hydrogen-bond donors (Lipinski definition) is 1. The molecule has 0 spiro atoms. The number of nitrogens with one attached hydrogen (secondary N) is 1. The molecule has 7 nitrogen and oxygen atoms in total. The van der Waals surface area contributed by atoms with Gasteiger partial charge in [-0.25, -0.2) is 0 Å². The lowest BCUT2D eigenvalue weighted by Crippen LogP contribution is -2.33. The maximum absolute atomic E-state index is 11.7. The maximum Gasteiger partial charge on any atom is 0.614 e. The summed E-state index contributed by atoms with van der Waals surface area (Å²) in [6.45, 7) is 6.52. The van der Waals surface area contributed by atoms with Gasteiger partial charge in [-0.3, -0.25) is 4.79 Å². The Morgan fingerprint density at radius 1 is 1.40 bits per heavy atom. The number of esters is 1. The Kier molecular flexibility index (Phi) is 8.18. The Hall–Kier alpha value is -0.590. The van der Waals surface area contributed by atoms with Crippen molar-refractivity contribution in [3.05, 3.63) is 0 Å². The third-order valence-electron chi connectivity index (χ3n) is 2.68. The second-order valence-electron chi connectivity index (χ2n) is 4.61. The molecular formula is C12H23NO6P+. The fraction of sp³-hybridized carbons (Fsp3) is 0.917. The Morgan fingerprint density at radius 2 is 2.05 bits per heavy atom. The Balaban J connectivity index is 2.20. The normalized spacial score (nSPS) is 19.6. The summed E-state index contributed by atoms with van der Waals surface area (Å²) in [6.07, 6.45) is 1.12. The van der Waals surface area contributed by atoms with Crippen LogP contribution in [0, 0.1) is 0 Å². The first-order valence-corrected chi connectivity index (χ1v) is 8.00. The molecule has 1 rings (SSSR count). The molecule has 1 fully saturated rings. The largest absolute Gasteiger partial charge is 0.614 e. The van der Waals surface area contributed by atoms with Crippen LogP contribution in [0.25, 0.3) is 0 Å². The zero-order chi connectivity index (χ0) is 15.0. The highest BCUT2D eigenvalue weighted by atomic mass is 31.1. The van der Waals surface area contributed by atoms with Crippen molar-refractivity contribution in [3.8, 4) is 0 Å². The SMILES string of the molecule is CCC[C@H](C)OC(=O)[C@H](C)N[P+](=O)OCC1OCCO1. The van der Waals surface area contributed by atoms with Crippen molar-refractivity contribution in [1.82, 2.24) is 5.09 Å². The molecule has 0 aromatic heterocycles. The third-order valence-corrected chi connectivity index (χ3v) is 3.67. The van der Waals surface area contributed by atoms with Gasteiger partial charge in [0, 0.05) is 0 Å². The minimum absolute atomic E-state index is 0.0657. The van der Waals surface area contributed by atoms with Gasteiger partial charge in [0.1, 0.15) is 6.04 Å². The molecule has 8 heteroatoms. The highest BCUT2D eigenvalue weighted by Crippen LogP contribution is 2.20. The van der Waals surface area contributed by atoms with Gasteiger partial charge >= 0.3 is 14.1 Å². The smallest absolute Gasteiger partial charge is 0.461 e. The predicted octanol–water partition coefficient (Wildman–Crippen LogP) is 1.74. The zero-order valence-corrected chi connectivity index (χ0v) is 13.1. The molecule has 0 aliphatic carbocycles. The van der Waals surface area contributed by atoms with E-state index in [9.17, 15) is 9.36 Å². The van der Waals surface area contributed by atoms with Gasteiger partial charge in [-0.15, -0.1) is 4.52 Å². The van der Waals surface area contributed by atoms with Crippen molar-refractivity contribution in [2.45, 2.75) is 52.0 Å². The molecule has 116 valence electrons. The monoisotopic (exact) mass is 308 g/mol. The summed E-state index contributed by atoms with van der Waals surface area (Å²) >= 11 is 0. The molecule has 3 atom stereocenters. The van der Waals surface area contributed by atoms with Crippen molar-refractivity contribution < 1.29 is 28.1 Å². The van der Waals surface area contributed by atoms with Crippen molar-refractivity contribution in [1.29, 1.82) is 0 Å². The first-order valence-electron chi connectivity index (χ1n) is 6.83. The lowest BCUT2D eigenvalue weighted by molar-refractivity contribution is -0.150. The summed E-state index contributed by atoms with van der Waals surface area (Å²) in [5.74, 6) is -0.439. The van der Waals surface area contributed by atoms with E-state index in [4.69, 9.17) is 18.7 Å². The molecule has 0 saturated carbocycles. The lowest BCUT2D eigenvalue weighted by atomic mass is 10.2. The second kappa shape index (κ2) is 9.37. The molecule has 1 aliphatic rings. The van der Waals surface area contributed by atoms with Crippen LogP contribution in [0.2, 0.25) is 0 Å². The van der Waals surface area contributed by atoms with Crippen LogP contribution >= 0.6 is 8.18 Å². The third kappa shape index (κ3) is 6.72. The van der Waals surface area contributed by atoms with Crippen LogP contribution < -0.4 is 5.09 Å². The molecule has 0 aromatic carbocycles. The fourth-order valence-electron chi connectivity index (χ4n) is 1.65. The van der Waals surface area contributed by atoms with E-state index in [1.165, 1.54) is 0 Å². The molecule has 0 radical (unpaired) electrons. The number of hydrogen-bond acceptors (Lipinski definition) is 6. The van der Waals surface area contributed by atoms with Gasteiger partial charge in [0.05, 0.1) is 19.3 Å². The van der Waals surface area contributed by atoms with Crippen LogP contribution in [0.1, 0.15) is 33.6 Å². The zero-order valence-electron chi connectivity index (χ0n) is 12.2. The van der Waals surface area contributed by atoms with Crippen molar-refractivity contribution in [3.63, 3.8) is 0 Å². The topological polar surface area (TPSA) is 83.1 Å². The Morgan fingerprint density at radius 3 is 2.65 bits per heavy atom. The molecule has 0 amide bonds. The molecule has 20 heavy (non-hydrogen) atoms. The quantitative estimate of drug-likeness (QED) is 0.513. The van der Waals surface area contributed by atoms with Crippen LogP contribution in [-0.2, 0) is 28.1 Å². The van der Waals surface area contributed by atoms with E-state index in [2.05, 4.69) is 5.09 Å². The molecule has 1 unspecified atom stereocenters. The van der Waals surface area contributed by atoms with E-state index in [1.54, 1.807) is 6.92 Å². The molecule has 1 aliphatic heterocycles. The van der Waals surface area contributed by atoms with E-state index >= 15 is 0 Å². The molecular weight excluding hydrogens is 285 g/mol. The standard InChI is InChI=1S/C12H23NO6P/c1-4-5-9(2)19-12(14)10(3)13-20(15)18-8-11-16-6-7-17-11/h9-11H,4-8H2,1-3H3,(H,13,15)/q+1/t9-,10-/m0/s1. The molecule has 1 saturated heterocycles. The summed E-state index contributed by atoms with van der Waals surface area (Å²) in [6, 6.07) is -0.691. The van der Waals surface area contributed by atoms with Crippen LogP contribution in [0.4, 0.5) is 0 Å². The van der Waals surface area contributed by atoms with Crippen LogP contribution in [0.5, 0.6) is 0 Å². The van der Waals surface area contributed by atoms with E-state index < -0.39 is 26.5 Å². The van der Waals surface area contributed by atoms with Gasteiger partial charge in [-0.2, -0.15) is 0 Å². The van der Waals surface area contributed by atoms with Gasteiger partial charge in [0.15, 0.2) is 12.9 Å². The minimum Gasteiger partial charge on any atom is -0.461 e. The van der Waals surface area contributed by atoms with Crippen LogP contribution in [0.15, 0.2) is 0 Å². The van der Waals surface area contributed by atoms with Gasteiger partial charge in [-0.05, 0) is 24.8 Å². The van der Waals surface area contributed by atoms with E-state index in [0.717, 1.165) is 12.8 Å². The average molecular weight is 308 g/mol. The van der Waals surface area contributed by atoms with Gasteiger partial charge < -0.3 is 14.2 Å². The summed E-state index contributed by atoms with van der Waals surface area (Å²) in [5, 5.41) is 2.55. The first kappa shape index (κ1) is 17.5. The molecule has 1 heterocycles. The van der Waals surface area contributed by atoms with Crippen LogP contribution in [-0.4, -0.2) is 44.2 Å². The number of carbonyl (C=O) groups is 1. The van der Waals surface area contributed by atoms with Crippen molar-refractivity contribution >= 4 is 14.1 Å². The summed E-state index contributed by atoms with van der Waals surface area (Å²) < 4.78 is 32.1. The predicted molar refractivity (Wildman–Crippen MR) is 72.3 cm³/mol. The Bertz CT molecular complexity index is 321. The fourth-order valence-corrected chi connectivity index (χ4v) is 2.40. The lowest BCUT2D eigenvalue weighted by Gasteiger charge is -2.14. The first-order chi connectivity index (χ1) is 9.52. The maximum atomic E-state index is 11.7. The second-order valence-corrected chi connectivity index (χ2v) is 5.64. The molecule has 1 N–H and O–H groups in total. The van der Waals surface area contributed by atoms with Crippen molar-refractivity contribution in [2.75, 3.05) is 19.8 Å². The number of rotatable bonds is 9. The molecule has 0 bridgehead atoms. The summed E-state index contributed by atoms with van der Waals surface area (Å²) in [5.41, 5.74) is 0. The van der Waals surface area contributed by atoms with Crippen LogP contribution in [0.3, 0.4) is 0 Å². The highest BCUT2D eigenvalue weighted by Gasteiger charge is 2.30. The van der Waals surface area contributed by atoms with Gasteiger partial charge in [0.25, 0.3) is 0 Å². The highest BCUT2D eigenvalue weighted by molar-refractivity contribution is 7.36.